The van der Waals surface area contributed by atoms with E-state index in [4.69, 9.17) is 15.6 Å². The molecule has 0 saturated carbocycles. The van der Waals surface area contributed by atoms with Crippen LogP contribution in [-0.2, 0) is 16.1 Å². The van der Waals surface area contributed by atoms with Gasteiger partial charge in [0, 0.05) is 13.0 Å². The van der Waals surface area contributed by atoms with E-state index in [2.05, 4.69) is 6.92 Å². The van der Waals surface area contributed by atoms with Crippen molar-refractivity contribution in [2.45, 2.75) is 32.8 Å². The van der Waals surface area contributed by atoms with E-state index in [0.717, 1.165) is 12.8 Å². The first kappa shape index (κ1) is 16.7. The maximum Gasteiger partial charge on any atom is 0.303 e. The summed E-state index contributed by atoms with van der Waals surface area (Å²) in [5.41, 5.74) is 6.78. The number of carboxylic acid groups (broad SMARTS) is 1. The van der Waals surface area contributed by atoms with Crippen molar-refractivity contribution in [3.8, 4) is 0 Å². The van der Waals surface area contributed by atoms with Crippen LogP contribution in [0.5, 0.6) is 0 Å². The molecule has 4 heteroatoms. The van der Waals surface area contributed by atoms with Gasteiger partial charge in [-0.1, -0.05) is 37.3 Å². The zero-order valence-corrected chi connectivity index (χ0v) is 12.1. The van der Waals surface area contributed by atoms with E-state index < -0.39 is 5.97 Å². The lowest BCUT2D eigenvalue weighted by molar-refractivity contribution is -0.138. The molecule has 0 saturated heterocycles. The third-order valence-corrected chi connectivity index (χ3v) is 3.40. The summed E-state index contributed by atoms with van der Waals surface area (Å²) in [5, 5.41) is 8.79. The second kappa shape index (κ2) is 9.50. The molecule has 0 radical (unpaired) electrons. The second-order valence-corrected chi connectivity index (χ2v) is 5.37. The van der Waals surface area contributed by atoms with Crippen LogP contribution in [0.3, 0.4) is 0 Å². The van der Waals surface area contributed by atoms with Crippen LogP contribution in [0.1, 0.15) is 31.7 Å². The molecule has 2 unspecified atom stereocenters. The van der Waals surface area contributed by atoms with Gasteiger partial charge in [0.1, 0.15) is 0 Å². The first-order chi connectivity index (χ1) is 9.61. The predicted octanol–water partition coefficient (Wildman–Crippen LogP) is 2.67. The predicted molar refractivity (Wildman–Crippen MR) is 79.3 cm³/mol. The summed E-state index contributed by atoms with van der Waals surface area (Å²) >= 11 is 0. The molecule has 1 rings (SSSR count). The molecular weight excluding hydrogens is 254 g/mol. The largest absolute Gasteiger partial charge is 0.481 e. The van der Waals surface area contributed by atoms with Gasteiger partial charge in [-0.05, 0) is 36.8 Å². The van der Waals surface area contributed by atoms with Crippen molar-refractivity contribution in [1.82, 2.24) is 0 Å². The van der Waals surface area contributed by atoms with Crippen molar-refractivity contribution >= 4 is 5.97 Å². The van der Waals surface area contributed by atoms with Crippen molar-refractivity contribution < 1.29 is 14.6 Å². The van der Waals surface area contributed by atoms with Gasteiger partial charge in [-0.2, -0.15) is 0 Å². The first-order valence-corrected chi connectivity index (χ1v) is 7.15. The Kier molecular flexibility index (Phi) is 7.92. The van der Waals surface area contributed by atoms with Crippen molar-refractivity contribution in [2.24, 2.45) is 17.6 Å². The van der Waals surface area contributed by atoms with Crippen LogP contribution in [0, 0.1) is 11.8 Å². The van der Waals surface area contributed by atoms with E-state index in [9.17, 15) is 4.79 Å². The van der Waals surface area contributed by atoms with Crippen molar-refractivity contribution in [3.63, 3.8) is 0 Å². The highest BCUT2D eigenvalue weighted by molar-refractivity contribution is 5.67. The molecule has 0 aliphatic rings. The summed E-state index contributed by atoms with van der Waals surface area (Å²) in [7, 11) is 0. The zero-order valence-electron chi connectivity index (χ0n) is 12.1. The SMILES string of the molecule is CC(CCOCc1ccccc1)CC(CN)CC(=O)O. The zero-order chi connectivity index (χ0) is 14.8. The molecule has 0 bridgehead atoms. The Hall–Kier alpha value is -1.39. The minimum absolute atomic E-state index is 0.0663. The summed E-state index contributed by atoms with van der Waals surface area (Å²) in [5.74, 6) is -0.275. The number of nitrogens with two attached hydrogens (primary N) is 1. The van der Waals surface area contributed by atoms with Crippen LogP contribution >= 0.6 is 0 Å². The lowest BCUT2D eigenvalue weighted by atomic mass is 9.91. The highest BCUT2D eigenvalue weighted by atomic mass is 16.5. The summed E-state index contributed by atoms with van der Waals surface area (Å²) in [6.45, 7) is 3.88. The highest BCUT2D eigenvalue weighted by Gasteiger charge is 2.15. The molecule has 4 nitrogen and oxygen atoms in total. The number of carbonyl (C=O) groups is 1. The lowest BCUT2D eigenvalue weighted by Crippen LogP contribution is -2.21. The molecular formula is C16H25NO3. The van der Waals surface area contributed by atoms with Gasteiger partial charge in [0.15, 0.2) is 0 Å². The lowest BCUT2D eigenvalue weighted by Gasteiger charge is -2.18. The number of rotatable bonds is 10. The fourth-order valence-electron chi connectivity index (χ4n) is 2.25. The summed E-state index contributed by atoms with van der Waals surface area (Å²) in [6, 6.07) is 10.1. The monoisotopic (exact) mass is 279 g/mol. The third-order valence-electron chi connectivity index (χ3n) is 3.40. The molecule has 1 aromatic rings. The normalized spacial score (nSPS) is 13.9. The molecule has 0 aliphatic carbocycles. The van der Waals surface area contributed by atoms with E-state index in [0.29, 0.717) is 25.7 Å². The van der Waals surface area contributed by atoms with Gasteiger partial charge in [0.25, 0.3) is 0 Å². The van der Waals surface area contributed by atoms with E-state index in [1.165, 1.54) is 5.56 Å². The van der Waals surface area contributed by atoms with Gasteiger partial charge >= 0.3 is 5.97 Å². The Labute approximate surface area is 120 Å². The number of hydrogen-bond donors (Lipinski definition) is 2. The molecule has 20 heavy (non-hydrogen) atoms. The van der Waals surface area contributed by atoms with Crippen molar-refractivity contribution in [3.05, 3.63) is 35.9 Å². The first-order valence-electron chi connectivity index (χ1n) is 7.15. The molecule has 2 atom stereocenters. The smallest absolute Gasteiger partial charge is 0.303 e. The molecule has 3 N–H and O–H groups in total. The number of hydrogen-bond acceptors (Lipinski definition) is 3. The van der Waals surface area contributed by atoms with Crippen LogP contribution in [0.2, 0.25) is 0 Å². The molecule has 0 aromatic heterocycles. The van der Waals surface area contributed by atoms with Gasteiger partial charge in [0.2, 0.25) is 0 Å². The minimum atomic E-state index is -0.770. The summed E-state index contributed by atoms with van der Waals surface area (Å²) in [6.07, 6.45) is 1.94. The molecule has 112 valence electrons. The Balaban J connectivity index is 2.16. The summed E-state index contributed by atoms with van der Waals surface area (Å²) < 4.78 is 5.64. The maximum atomic E-state index is 10.7. The van der Waals surface area contributed by atoms with Crippen LogP contribution < -0.4 is 5.73 Å². The standard InChI is InChI=1S/C16H25NO3/c1-13(9-15(11-17)10-16(18)19)7-8-20-12-14-5-3-2-4-6-14/h2-6,13,15H,7-12,17H2,1H3,(H,18,19). The minimum Gasteiger partial charge on any atom is -0.481 e. The molecule has 0 spiro atoms. The van der Waals surface area contributed by atoms with Gasteiger partial charge in [-0.25, -0.2) is 0 Å². The van der Waals surface area contributed by atoms with Gasteiger partial charge in [0.05, 0.1) is 6.61 Å². The van der Waals surface area contributed by atoms with Gasteiger partial charge in [-0.3, -0.25) is 4.79 Å². The topological polar surface area (TPSA) is 72.5 Å². The molecule has 0 aliphatic heterocycles. The van der Waals surface area contributed by atoms with E-state index in [-0.39, 0.29) is 12.3 Å². The number of aliphatic carboxylic acids is 1. The van der Waals surface area contributed by atoms with Crippen molar-refractivity contribution in [1.29, 1.82) is 0 Å². The second-order valence-electron chi connectivity index (χ2n) is 5.37. The molecule has 1 aromatic carbocycles. The Morgan fingerprint density at radius 1 is 1.35 bits per heavy atom. The fraction of sp³-hybridized carbons (Fsp3) is 0.562. The quantitative estimate of drug-likeness (QED) is 0.646. The molecule has 0 heterocycles. The Morgan fingerprint density at radius 2 is 2.05 bits per heavy atom. The van der Waals surface area contributed by atoms with Crippen LogP contribution in [-0.4, -0.2) is 24.2 Å². The van der Waals surface area contributed by atoms with Crippen LogP contribution in [0.25, 0.3) is 0 Å². The average molecular weight is 279 g/mol. The highest BCUT2D eigenvalue weighted by Crippen LogP contribution is 2.18. The Morgan fingerprint density at radius 3 is 2.65 bits per heavy atom. The number of carboxylic acids is 1. The molecule has 0 fully saturated rings. The molecule has 0 amide bonds. The Bertz CT molecular complexity index is 381. The van der Waals surface area contributed by atoms with E-state index in [1.54, 1.807) is 0 Å². The van der Waals surface area contributed by atoms with Crippen molar-refractivity contribution in [2.75, 3.05) is 13.2 Å². The van der Waals surface area contributed by atoms with Crippen LogP contribution in [0.15, 0.2) is 30.3 Å². The van der Waals surface area contributed by atoms with Gasteiger partial charge in [-0.15, -0.1) is 0 Å². The van der Waals surface area contributed by atoms with E-state index in [1.807, 2.05) is 30.3 Å². The summed E-state index contributed by atoms with van der Waals surface area (Å²) in [4.78, 5) is 10.7. The average Bonchev–Trinajstić information content (AvgIpc) is 2.43. The fourth-order valence-corrected chi connectivity index (χ4v) is 2.25. The van der Waals surface area contributed by atoms with E-state index >= 15 is 0 Å². The van der Waals surface area contributed by atoms with Crippen LogP contribution in [0.4, 0.5) is 0 Å². The third kappa shape index (κ3) is 7.26. The number of benzene rings is 1. The number of ether oxygens (including phenoxy) is 1. The maximum absolute atomic E-state index is 10.7. The van der Waals surface area contributed by atoms with Gasteiger partial charge < -0.3 is 15.6 Å².